The zero-order valence-corrected chi connectivity index (χ0v) is 15.9. The molecule has 2 heterocycles. The lowest BCUT2D eigenvalue weighted by Gasteiger charge is -2.31. The first kappa shape index (κ1) is 20.2. The second-order valence-corrected chi connectivity index (χ2v) is 7.04. The van der Waals surface area contributed by atoms with Gasteiger partial charge in [0.25, 0.3) is 0 Å². The Morgan fingerprint density at radius 1 is 1.18 bits per heavy atom. The molecular weight excluding hydrogens is 359 g/mol. The number of benzene rings is 1. The molecule has 7 heteroatoms. The number of unbranched alkanes of at least 4 members (excludes halogenated alkanes) is 1. The first-order valence-electron chi connectivity index (χ1n) is 9.81. The van der Waals surface area contributed by atoms with E-state index in [4.69, 9.17) is 0 Å². The third-order valence-electron chi connectivity index (χ3n) is 4.90. The number of hydrogen-bond donors (Lipinski definition) is 3. The molecule has 150 valence electrons. The summed E-state index contributed by atoms with van der Waals surface area (Å²) in [6.07, 6.45) is 6.16. The number of nitrogens with zero attached hydrogens (tertiary/aromatic N) is 2. The van der Waals surface area contributed by atoms with Crippen LogP contribution < -0.4 is 10.6 Å². The fourth-order valence-corrected chi connectivity index (χ4v) is 3.31. The summed E-state index contributed by atoms with van der Waals surface area (Å²) in [5.41, 5.74) is 2.13. The maximum atomic E-state index is 13.0. The molecule has 0 bridgehead atoms. The Morgan fingerprint density at radius 2 is 2.00 bits per heavy atom. The molecule has 0 aliphatic carbocycles. The van der Waals surface area contributed by atoms with E-state index in [1.807, 2.05) is 0 Å². The predicted octanol–water partition coefficient (Wildman–Crippen LogP) is 3.59. The molecule has 0 saturated carbocycles. The second kappa shape index (κ2) is 10.1. The summed E-state index contributed by atoms with van der Waals surface area (Å²) in [6.45, 7) is 2.39. The van der Waals surface area contributed by atoms with E-state index in [1.165, 1.54) is 12.1 Å². The molecule has 2 amide bonds. The molecule has 1 unspecified atom stereocenters. The third kappa shape index (κ3) is 6.00. The van der Waals surface area contributed by atoms with Gasteiger partial charge in [-0.15, -0.1) is 0 Å². The molecule has 28 heavy (non-hydrogen) atoms. The van der Waals surface area contributed by atoms with Crippen LogP contribution in [0.15, 0.2) is 42.6 Å². The summed E-state index contributed by atoms with van der Waals surface area (Å²) in [4.78, 5) is 18.4. The van der Waals surface area contributed by atoms with Crippen molar-refractivity contribution in [2.24, 2.45) is 0 Å². The van der Waals surface area contributed by atoms with Gasteiger partial charge < -0.3 is 15.7 Å². The third-order valence-corrected chi connectivity index (χ3v) is 4.90. The van der Waals surface area contributed by atoms with Gasteiger partial charge in [-0.2, -0.15) is 0 Å². The van der Waals surface area contributed by atoms with Gasteiger partial charge in [0, 0.05) is 25.2 Å². The molecule has 2 aromatic rings. The average molecular weight is 386 g/mol. The van der Waals surface area contributed by atoms with Crippen LogP contribution in [-0.4, -0.2) is 46.9 Å². The largest absolute Gasteiger partial charge is 0.378 e. The summed E-state index contributed by atoms with van der Waals surface area (Å²) in [7, 11) is 0. The van der Waals surface area contributed by atoms with Crippen LogP contribution in [-0.2, 0) is 0 Å². The number of carbonyl (C=O) groups excluding carboxylic acids is 1. The molecule has 1 aromatic carbocycles. The Labute approximate surface area is 164 Å². The number of amides is 2. The highest BCUT2D eigenvalue weighted by Crippen LogP contribution is 2.19. The van der Waals surface area contributed by atoms with Crippen LogP contribution in [0, 0.1) is 5.82 Å². The minimum absolute atomic E-state index is 0.269. The van der Waals surface area contributed by atoms with Crippen molar-refractivity contribution >= 4 is 11.7 Å². The van der Waals surface area contributed by atoms with Crippen LogP contribution in [0.5, 0.6) is 0 Å². The van der Waals surface area contributed by atoms with Crippen molar-refractivity contribution in [3.63, 3.8) is 0 Å². The van der Waals surface area contributed by atoms with E-state index in [-0.39, 0.29) is 18.1 Å². The minimum atomic E-state index is -0.310. The van der Waals surface area contributed by atoms with Crippen molar-refractivity contribution in [3.05, 3.63) is 48.4 Å². The molecule has 1 atom stereocenters. The summed E-state index contributed by atoms with van der Waals surface area (Å²) in [5, 5.41) is 15.5. The molecule has 0 radical (unpaired) electrons. The second-order valence-electron chi connectivity index (χ2n) is 7.04. The number of carbonyl (C=O) groups is 1. The first-order valence-corrected chi connectivity index (χ1v) is 9.81. The standard InChI is InChI=1S/C21H27FN4O2/c22-17-8-6-16(7-9-17)19-11-10-18(15-24-19)25-21(28)23-12-2-4-14-26-13-3-1-5-20(26)27/h6-11,15,20,27H,1-5,12-14H2,(H2,23,25,28). The van der Waals surface area contributed by atoms with Crippen LogP contribution >= 0.6 is 0 Å². The average Bonchev–Trinajstić information content (AvgIpc) is 2.70. The lowest BCUT2D eigenvalue weighted by Crippen LogP contribution is -2.40. The van der Waals surface area contributed by atoms with Gasteiger partial charge in [0.1, 0.15) is 12.0 Å². The monoisotopic (exact) mass is 386 g/mol. The molecule has 6 nitrogen and oxygen atoms in total. The Morgan fingerprint density at radius 3 is 2.71 bits per heavy atom. The zero-order valence-electron chi connectivity index (χ0n) is 15.9. The van der Waals surface area contributed by atoms with Crippen molar-refractivity contribution in [3.8, 4) is 11.3 Å². The summed E-state index contributed by atoms with van der Waals surface area (Å²) < 4.78 is 13.0. The molecule has 1 aliphatic rings. The van der Waals surface area contributed by atoms with Crippen LogP contribution in [0.4, 0.5) is 14.9 Å². The lowest BCUT2D eigenvalue weighted by atomic mass is 10.1. The molecule has 3 rings (SSSR count). The van der Waals surface area contributed by atoms with Crippen LogP contribution in [0.25, 0.3) is 11.3 Å². The highest BCUT2D eigenvalue weighted by atomic mass is 19.1. The van der Waals surface area contributed by atoms with Crippen molar-refractivity contribution in [1.29, 1.82) is 0 Å². The molecule has 1 saturated heterocycles. The normalized spacial score (nSPS) is 17.3. The van der Waals surface area contributed by atoms with E-state index < -0.39 is 0 Å². The fourth-order valence-electron chi connectivity index (χ4n) is 3.31. The van der Waals surface area contributed by atoms with Gasteiger partial charge in [0.15, 0.2) is 0 Å². The Balaban J connectivity index is 1.36. The fraction of sp³-hybridized carbons (Fsp3) is 0.429. The number of aliphatic hydroxyl groups excluding tert-OH is 1. The lowest BCUT2D eigenvalue weighted by molar-refractivity contribution is -0.0242. The molecule has 3 N–H and O–H groups in total. The molecular formula is C21H27FN4O2. The smallest absolute Gasteiger partial charge is 0.319 e. The number of aromatic nitrogens is 1. The van der Waals surface area contributed by atoms with Gasteiger partial charge in [-0.3, -0.25) is 9.88 Å². The van der Waals surface area contributed by atoms with E-state index in [0.717, 1.165) is 50.8 Å². The van der Waals surface area contributed by atoms with Crippen molar-refractivity contribution in [1.82, 2.24) is 15.2 Å². The van der Waals surface area contributed by atoms with E-state index >= 15 is 0 Å². The van der Waals surface area contributed by atoms with Gasteiger partial charge in [0.2, 0.25) is 0 Å². The highest BCUT2D eigenvalue weighted by molar-refractivity contribution is 5.89. The Hall–Kier alpha value is -2.51. The van der Waals surface area contributed by atoms with Gasteiger partial charge in [-0.25, -0.2) is 9.18 Å². The van der Waals surface area contributed by atoms with E-state index in [9.17, 15) is 14.3 Å². The highest BCUT2D eigenvalue weighted by Gasteiger charge is 2.18. The summed E-state index contributed by atoms with van der Waals surface area (Å²) >= 11 is 0. The van der Waals surface area contributed by atoms with Gasteiger partial charge in [-0.1, -0.05) is 0 Å². The van der Waals surface area contributed by atoms with Crippen LogP contribution in [0.3, 0.4) is 0 Å². The number of piperidine rings is 1. The topological polar surface area (TPSA) is 77.5 Å². The van der Waals surface area contributed by atoms with Crippen molar-refractivity contribution in [2.75, 3.05) is 25.0 Å². The number of likely N-dealkylation sites (tertiary alicyclic amines) is 1. The van der Waals surface area contributed by atoms with Crippen LogP contribution in [0.2, 0.25) is 0 Å². The van der Waals surface area contributed by atoms with E-state index in [1.54, 1.807) is 30.5 Å². The van der Waals surface area contributed by atoms with E-state index in [2.05, 4.69) is 20.5 Å². The molecule has 1 aromatic heterocycles. The van der Waals surface area contributed by atoms with Gasteiger partial charge >= 0.3 is 6.03 Å². The number of anilines is 1. The maximum absolute atomic E-state index is 13.0. The predicted molar refractivity (Wildman–Crippen MR) is 107 cm³/mol. The number of hydrogen-bond acceptors (Lipinski definition) is 4. The molecule has 1 fully saturated rings. The first-order chi connectivity index (χ1) is 13.6. The van der Waals surface area contributed by atoms with Crippen molar-refractivity contribution in [2.45, 2.75) is 38.3 Å². The zero-order chi connectivity index (χ0) is 19.8. The maximum Gasteiger partial charge on any atom is 0.319 e. The van der Waals surface area contributed by atoms with Gasteiger partial charge in [-0.05, 0) is 68.5 Å². The number of pyridine rings is 1. The van der Waals surface area contributed by atoms with E-state index in [0.29, 0.717) is 17.9 Å². The minimum Gasteiger partial charge on any atom is -0.378 e. The SMILES string of the molecule is O=C(NCCCCN1CCCCC1O)Nc1ccc(-c2ccc(F)cc2)nc1. The number of aliphatic hydroxyl groups is 1. The Bertz CT molecular complexity index is 752. The quantitative estimate of drug-likeness (QED) is 0.636. The van der Waals surface area contributed by atoms with Crippen molar-refractivity contribution < 1.29 is 14.3 Å². The number of rotatable bonds is 7. The van der Waals surface area contributed by atoms with Crippen LogP contribution in [0.1, 0.15) is 32.1 Å². The number of halogens is 1. The number of urea groups is 1. The molecule has 1 aliphatic heterocycles. The summed E-state index contributed by atoms with van der Waals surface area (Å²) in [6, 6.07) is 9.40. The molecule has 0 spiro atoms. The van der Waals surface area contributed by atoms with Gasteiger partial charge in [0.05, 0.1) is 17.6 Å². The Kier molecular flexibility index (Phi) is 7.33. The summed E-state index contributed by atoms with van der Waals surface area (Å²) in [5.74, 6) is -0.286. The number of nitrogens with one attached hydrogen (secondary N) is 2.